The second kappa shape index (κ2) is 10.3. The Balaban J connectivity index is 1.60. The number of benzene rings is 2. The van der Waals surface area contributed by atoms with Gasteiger partial charge in [0, 0.05) is 23.6 Å². The molecule has 33 heavy (non-hydrogen) atoms. The average Bonchev–Trinajstić information content (AvgIpc) is 3.28. The van der Waals surface area contributed by atoms with Crippen LogP contribution in [0.5, 0.6) is 5.75 Å². The zero-order valence-corrected chi connectivity index (χ0v) is 19.5. The van der Waals surface area contributed by atoms with Gasteiger partial charge in [-0.25, -0.2) is 0 Å². The Bertz CT molecular complexity index is 1200. The number of aromatic nitrogens is 4. The van der Waals surface area contributed by atoms with E-state index < -0.39 is 0 Å². The van der Waals surface area contributed by atoms with Gasteiger partial charge >= 0.3 is 0 Å². The van der Waals surface area contributed by atoms with Crippen molar-refractivity contribution in [2.75, 3.05) is 7.11 Å². The van der Waals surface area contributed by atoms with Gasteiger partial charge in [-0.05, 0) is 55.8 Å². The van der Waals surface area contributed by atoms with Crippen molar-refractivity contribution in [2.45, 2.75) is 30.3 Å². The van der Waals surface area contributed by atoms with Crippen molar-refractivity contribution in [1.82, 2.24) is 25.1 Å². The molecule has 1 N–H and O–H groups in total. The van der Waals surface area contributed by atoms with E-state index in [4.69, 9.17) is 4.74 Å². The number of amides is 1. The molecule has 0 aliphatic carbocycles. The standard InChI is InChI=1S/C25H25N5O2S/c1-17(19-7-5-4-6-8-19)27-24(31)18(2)33-25-29-28-23(20-13-15-26-16-14-20)30(25)21-9-11-22(32-3)12-10-21/h4-18H,1-3H3,(H,27,31)/t17-,18+/m1/s1. The van der Waals surface area contributed by atoms with Crippen LogP contribution in [0.2, 0.25) is 0 Å². The number of hydrogen-bond acceptors (Lipinski definition) is 6. The Hall–Kier alpha value is -3.65. The van der Waals surface area contributed by atoms with Crippen molar-refractivity contribution in [1.29, 1.82) is 0 Å². The number of ether oxygens (including phenoxy) is 1. The van der Waals surface area contributed by atoms with Crippen molar-refractivity contribution in [3.63, 3.8) is 0 Å². The van der Waals surface area contributed by atoms with E-state index in [-0.39, 0.29) is 17.2 Å². The van der Waals surface area contributed by atoms with Gasteiger partial charge in [0.2, 0.25) is 5.91 Å². The van der Waals surface area contributed by atoms with Gasteiger partial charge in [0.15, 0.2) is 11.0 Å². The van der Waals surface area contributed by atoms with E-state index in [2.05, 4.69) is 20.5 Å². The molecule has 4 aromatic rings. The SMILES string of the molecule is COc1ccc(-n2c(S[C@@H](C)C(=O)N[C@H](C)c3ccccc3)nnc2-c2ccncc2)cc1. The summed E-state index contributed by atoms with van der Waals surface area (Å²) in [5.74, 6) is 1.37. The Morgan fingerprint density at radius 2 is 1.67 bits per heavy atom. The molecular formula is C25H25N5O2S. The zero-order valence-electron chi connectivity index (χ0n) is 18.7. The molecule has 1 amide bonds. The number of nitrogens with zero attached hydrogens (tertiary/aromatic N) is 4. The van der Waals surface area contributed by atoms with E-state index in [0.717, 1.165) is 22.6 Å². The maximum atomic E-state index is 12.9. The summed E-state index contributed by atoms with van der Waals surface area (Å²) in [4.78, 5) is 17.0. The monoisotopic (exact) mass is 459 g/mol. The highest BCUT2D eigenvalue weighted by Gasteiger charge is 2.23. The molecule has 0 spiro atoms. The lowest BCUT2D eigenvalue weighted by Crippen LogP contribution is -2.33. The van der Waals surface area contributed by atoms with E-state index in [0.29, 0.717) is 11.0 Å². The predicted octanol–water partition coefficient (Wildman–Crippen LogP) is 4.70. The summed E-state index contributed by atoms with van der Waals surface area (Å²) < 4.78 is 7.24. The molecule has 0 aliphatic rings. The molecule has 0 aliphatic heterocycles. The number of carbonyl (C=O) groups excluding carboxylic acids is 1. The topological polar surface area (TPSA) is 81.9 Å². The summed E-state index contributed by atoms with van der Waals surface area (Å²) in [7, 11) is 1.63. The Morgan fingerprint density at radius 3 is 2.33 bits per heavy atom. The van der Waals surface area contributed by atoms with Crippen LogP contribution in [0, 0.1) is 0 Å². The first kappa shape index (κ1) is 22.5. The predicted molar refractivity (Wildman–Crippen MR) is 129 cm³/mol. The Kier molecular flexibility index (Phi) is 7.04. The maximum Gasteiger partial charge on any atom is 0.233 e. The third-order valence-electron chi connectivity index (χ3n) is 5.21. The molecule has 2 heterocycles. The number of hydrogen-bond donors (Lipinski definition) is 1. The van der Waals surface area contributed by atoms with Crippen molar-refractivity contribution in [3.05, 3.63) is 84.7 Å². The molecule has 4 rings (SSSR count). The summed E-state index contributed by atoms with van der Waals surface area (Å²) in [6.07, 6.45) is 3.44. The van der Waals surface area contributed by atoms with E-state index >= 15 is 0 Å². The van der Waals surface area contributed by atoms with Crippen LogP contribution in [0.3, 0.4) is 0 Å². The average molecular weight is 460 g/mol. The van der Waals surface area contributed by atoms with Gasteiger partial charge in [-0.2, -0.15) is 0 Å². The molecule has 0 bridgehead atoms. The van der Waals surface area contributed by atoms with Gasteiger partial charge < -0.3 is 10.1 Å². The fraction of sp³-hybridized carbons (Fsp3) is 0.200. The van der Waals surface area contributed by atoms with Gasteiger partial charge in [-0.3, -0.25) is 14.3 Å². The molecule has 0 saturated carbocycles. The molecule has 7 nitrogen and oxygen atoms in total. The van der Waals surface area contributed by atoms with Crippen molar-refractivity contribution >= 4 is 17.7 Å². The van der Waals surface area contributed by atoms with Crippen LogP contribution >= 0.6 is 11.8 Å². The fourth-order valence-corrected chi connectivity index (χ4v) is 4.24. The van der Waals surface area contributed by atoms with Gasteiger partial charge in [0.25, 0.3) is 0 Å². The lowest BCUT2D eigenvalue weighted by atomic mass is 10.1. The fourth-order valence-electron chi connectivity index (χ4n) is 3.37. The highest BCUT2D eigenvalue weighted by atomic mass is 32.2. The van der Waals surface area contributed by atoms with Crippen molar-refractivity contribution < 1.29 is 9.53 Å². The number of thioether (sulfide) groups is 1. The maximum absolute atomic E-state index is 12.9. The molecule has 0 fully saturated rings. The van der Waals surface area contributed by atoms with Crippen LogP contribution in [0.4, 0.5) is 0 Å². The van der Waals surface area contributed by atoms with Crippen molar-refractivity contribution in [2.24, 2.45) is 0 Å². The normalized spacial score (nSPS) is 12.7. The molecule has 0 radical (unpaired) electrons. The Morgan fingerprint density at radius 1 is 0.970 bits per heavy atom. The summed E-state index contributed by atoms with van der Waals surface area (Å²) in [5, 5.41) is 12.2. The second-order valence-corrected chi connectivity index (χ2v) is 8.78. The van der Waals surface area contributed by atoms with E-state index in [9.17, 15) is 4.79 Å². The van der Waals surface area contributed by atoms with Crippen LogP contribution in [0.1, 0.15) is 25.5 Å². The van der Waals surface area contributed by atoms with Gasteiger partial charge in [-0.1, -0.05) is 42.1 Å². The highest BCUT2D eigenvalue weighted by molar-refractivity contribution is 8.00. The molecular weight excluding hydrogens is 434 g/mol. The zero-order chi connectivity index (χ0) is 23.2. The molecule has 2 aromatic carbocycles. The number of methoxy groups -OCH3 is 1. The van der Waals surface area contributed by atoms with E-state index in [1.54, 1.807) is 19.5 Å². The summed E-state index contributed by atoms with van der Waals surface area (Å²) in [5.41, 5.74) is 2.82. The second-order valence-electron chi connectivity index (χ2n) is 7.48. The molecule has 2 aromatic heterocycles. The molecule has 0 unspecified atom stereocenters. The molecule has 8 heteroatoms. The Labute approximate surface area is 197 Å². The van der Waals surface area contributed by atoms with Gasteiger partial charge in [-0.15, -0.1) is 10.2 Å². The first-order valence-electron chi connectivity index (χ1n) is 10.6. The largest absolute Gasteiger partial charge is 0.497 e. The third-order valence-corrected chi connectivity index (χ3v) is 6.25. The summed E-state index contributed by atoms with van der Waals surface area (Å²) in [6, 6.07) is 21.2. The lowest BCUT2D eigenvalue weighted by molar-refractivity contribution is -0.120. The molecule has 0 saturated heterocycles. The number of nitrogens with one attached hydrogen (secondary N) is 1. The highest BCUT2D eigenvalue weighted by Crippen LogP contribution is 2.31. The quantitative estimate of drug-likeness (QED) is 0.385. The van der Waals surface area contributed by atoms with Gasteiger partial charge in [0.1, 0.15) is 5.75 Å². The van der Waals surface area contributed by atoms with Crippen LogP contribution in [0.25, 0.3) is 17.1 Å². The molecule has 168 valence electrons. The molecule has 2 atom stereocenters. The minimum Gasteiger partial charge on any atom is -0.497 e. The lowest BCUT2D eigenvalue weighted by Gasteiger charge is -2.18. The first-order chi connectivity index (χ1) is 16.1. The third kappa shape index (κ3) is 5.23. The minimum atomic E-state index is -0.373. The van der Waals surface area contributed by atoms with Gasteiger partial charge in [0.05, 0.1) is 18.4 Å². The van der Waals surface area contributed by atoms with Crippen LogP contribution in [0.15, 0.2) is 84.3 Å². The number of carbonyl (C=O) groups is 1. The summed E-state index contributed by atoms with van der Waals surface area (Å²) in [6.45, 7) is 3.85. The van der Waals surface area contributed by atoms with E-state index in [1.807, 2.05) is 85.1 Å². The summed E-state index contributed by atoms with van der Waals surface area (Å²) >= 11 is 1.37. The number of rotatable bonds is 8. The smallest absolute Gasteiger partial charge is 0.233 e. The first-order valence-corrected chi connectivity index (χ1v) is 11.5. The number of pyridine rings is 1. The minimum absolute atomic E-state index is 0.0638. The van der Waals surface area contributed by atoms with Crippen LogP contribution < -0.4 is 10.1 Å². The van der Waals surface area contributed by atoms with Crippen molar-refractivity contribution in [3.8, 4) is 22.8 Å². The van der Waals surface area contributed by atoms with E-state index in [1.165, 1.54) is 11.8 Å². The van der Waals surface area contributed by atoms with Crippen LogP contribution in [-0.4, -0.2) is 38.0 Å². The van der Waals surface area contributed by atoms with Crippen LogP contribution in [-0.2, 0) is 4.79 Å².